The van der Waals surface area contributed by atoms with E-state index in [1.54, 1.807) is 0 Å². The molecule has 1 saturated heterocycles. The van der Waals surface area contributed by atoms with Crippen molar-refractivity contribution in [3.63, 3.8) is 0 Å². The minimum Gasteiger partial charge on any atom is -0.390 e. The maximum absolute atomic E-state index is 10.8. The maximum atomic E-state index is 10.8. The lowest BCUT2D eigenvalue weighted by Crippen LogP contribution is -2.46. The lowest BCUT2D eigenvalue weighted by atomic mass is 10.0. The van der Waals surface area contributed by atoms with E-state index in [1.165, 1.54) is 16.7 Å². The van der Waals surface area contributed by atoms with Gasteiger partial charge in [-0.2, -0.15) is 0 Å². The smallest absolute Gasteiger partial charge is 0.0965 e. The van der Waals surface area contributed by atoms with Gasteiger partial charge in [0.1, 0.15) is 0 Å². The molecule has 3 aromatic rings. The Morgan fingerprint density at radius 2 is 1.26 bits per heavy atom. The number of hydrogen-bond donors (Lipinski definition) is 3. The summed E-state index contributed by atoms with van der Waals surface area (Å²) < 4.78 is 5.27. The quantitative estimate of drug-likeness (QED) is 0.274. The molecule has 0 radical (unpaired) electrons. The van der Waals surface area contributed by atoms with Gasteiger partial charge in [0.05, 0.1) is 18.8 Å². The van der Waals surface area contributed by atoms with Gasteiger partial charge in [-0.1, -0.05) is 105 Å². The maximum Gasteiger partial charge on any atom is 0.0965 e. The first-order valence-corrected chi connectivity index (χ1v) is 14.0. The number of likely N-dealkylation sites (N-methyl/N-ethyl adjacent to an activating group) is 2. The van der Waals surface area contributed by atoms with E-state index in [-0.39, 0.29) is 6.04 Å². The molecule has 1 heterocycles. The summed E-state index contributed by atoms with van der Waals surface area (Å²) in [4.78, 5) is 2.36. The summed E-state index contributed by atoms with van der Waals surface area (Å²) >= 11 is 0. The molecular weight excluding hydrogens is 470 g/mol. The Kier molecular flexibility index (Phi) is 13.0. The van der Waals surface area contributed by atoms with Gasteiger partial charge in [0.2, 0.25) is 0 Å². The molecule has 0 saturated carbocycles. The van der Waals surface area contributed by atoms with Gasteiger partial charge in [-0.05, 0) is 49.5 Å². The number of nitrogens with one attached hydrogen (secondary N) is 2. The molecule has 1 aliphatic heterocycles. The Bertz CT molecular complexity index is 997. The molecule has 1 aliphatic rings. The molecule has 0 amide bonds. The van der Waals surface area contributed by atoms with Crippen molar-refractivity contribution in [1.82, 2.24) is 15.5 Å². The average molecular weight is 518 g/mol. The van der Waals surface area contributed by atoms with Gasteiger partial charge in [0.15, 0.2) is 0 Å². The van der Waals surface area contributed by atoms with Crippen LogP contribution in [0.3, 0.4) is 0 Å². The number of benzene rings is 3. The molecule has 0 spiro atoms. The molecule has 5 nitrogen and oxygen atoms in total. The van der Waals surface area contributed by atoms with Crippen LogP contribution in [0.5, 0.6) is 0 Å². The summed E-state index contributed by atoms with van der Waals surface area (Å²) in [5.41, 5.74) is 3.91. The first-order chi connectivity index (χ1) is 18.5. The lowest BCUT2D eigenvalue weighted by Gasteiger charge is -2.30. The van der Waals surface area contributed by atoms with E-state index in [2.05, 4.69) is 102 Å². The van der Waals surface area contributed by atoms with Crippen molar-refractivity contribution in [3.8, 4) is 0 Å². The van der Waals surface area contributed by atoms with Crippen LogP contribution in [0.2, 0.25) is 0 Å². The van der Waals surface area contributed by atoms with Gasteiger partial charge < -0.3 is 20.5 Å². The van der Waals surface area contributed by atoms with Crippen LogP contribution in [0.15, 0.2) is 91.0 Å². The Morgan fingerprint density at radius 1 is 0.763 bits per heavy atom. The standard InChI is InChI=1S/C22H32N2O.C11H15NO/c1-18(2)15-24(16-20-12-8-5-9-13-20)17-22(25)21(23-3)14-19-10-6-4-7-11-19;1-12-10(11-8-13-11)7-9-5-3-2-4-6-9/h4-13,18,21-23,25H,14-17H2,1-3H3;2-6,10-12H,7-8H2,1H3/t21-,22+;10-,11+/m00/s1. The predicted octanol–water partition coefficient (Wildman–Crippen LogP) is 4.55. The summed E-state index contributed by atoms with van der Waals surface area (Å²) in [7, 11) is 3.93. The molecule has 1 fully saturated rings. The van der Waals surface area contributed by atoms with Gasteiger partial charge in [-0.15, -0.1) is 0 Å². The summed E-state index contributed by atoms with van der Waals surface area (Å²) in [6.07, 6.45) is 1.92. The van der Waals surface area contributed by atoms with Crippen LogP contribution in [0, 0.1) is 5.92 Å². The normalized spacial score (nSPS) is 17.0. The minimum absolute atomic E-state index is 0.0489. The highest BCUT2D eigenvalue weighted by Gasteiger charge is 2.31. The molecule has 0 aliphatic carbocycles. The first kappa shape index (κ1) is 30.0. The van der Waals surface area contributed by atoms with Crippen LogP contribution >= 0.6 is 0 Å². The number of ether oxygens (including phenoxy) is 1. The molecule has 206 valence electrons. The summed E-state index contributed by atoms with van der Waals surface area (Å²) in [6.45, 7) is 7.89. The minimum atomic E-state index is -0.410. The summed E-state index contributed by atoms with van der Waals surface area (Å²) in [5.74, 6) is 0.568. The van der Waals surface area contributed by atoms with E-state index in [0.29, 0.717) is 24.6 Å². The van der Waals surface area contributed by atoms with E-state index in [9.17, 15) is 5.11 Å². The molecule has 38 heavy (non-hydrogen) atoms. The molecule has 5 heteroatoms. The van der Waals surface area contributed by atoms with Crippen LogP contribution in [-0.4, -0.2) is 68.1 Å². The zero-order valence-corrected chi connectivity index (χ0v) is 23.6. The number of epoxide rings is 1. The molecule has 3 N–H and O–H groups in total. The summed E-state index contributed by atoms with van der Waals surface area (Å²) in [5, 5.41) is 17.4. The largest absolute Gasteiger partial charge is 0.390 e. The monoisotopic (exact) mass is 517 g/mol. The molecule has 0 unspecified atom stereocenters. The number of rotatable bonds is 14. The number of aliphatic hydroxyl groups is 1. The SMILES string of the molecule is CN[C@@H](Cc1ccccc1)[C@H](O)CN(Cc1ccccc1)CC(C)C.CN[C@@H](Cc1ccccc1)[C@H]1CO1. The highest BCUT2D eigenvalue weighted by atomic mass is 16.6. The molecular formula is C33H47N3O2. The number of nitrogens with zero attached hydrogens (tertiary/aromatic N) is 1. The van der Waals surface area contributed by atoms with Crippen molar-refractivity contribution in [2.45, 2.75) is 57.5 Å². The van der Waals surface area contributed by atoms with E-state index in [0.717, 1.165) is 32.5 Å². The Hall–Kier alpha value is -2.54. The van der Waals surface area contributed by atoms with Crippen molar-refractivity contribution in [1.29, 1.82) is 0 Å². The van der Waals surface area contributed by atoms with Crippen LogP contribution in [0.4, 0.5) is 0 Å². The fourth-order valence-electron chi connectivity index (χ4n) is 4.83. The van der Waals surface area contributed by atoms with Crippen molar-refractivity contribution >= 4 is 0 Å². The molecule has 0 bridgehead atoms. The molecule has 4 atom stereocenters. The molecule has 4 rings (SSSR count). The second-order valence-corrected chi connectivity index (χ2v) is 10.7. The Labute approximate surface area is 230 Å². The second-order valence-electron chi connectivity index (χ2n) is 10.7. The molecule has 3 aromatic carbocycles. The van der Waals surface area contributed by atoms with E-state index in [4.69, 9.17) is 4.74 Å². The van der Waals surface area contributed by atoms with Gasteiger partial charge in [0.25, 0.3) is 0 Å². The van der Waals surface area contributed by atoms with Crippen molar-refractivity contribution in [2.24, 2.45) is 5.92 Å². The van der Waals surface area contributed by atoms with Gasteiger partial charge in [0, 0.05) is 31.7 Å². The van der Waals surface area contributed by atoms with Crippen molar-refractivity contribution in [2.75, 3.05) is 33.8 Å². The van der Waals surface area contributed by atoms with Crippen molar-refractivity contribution < 1.29 is 9.84 Å². The zero-order chi connectivity index (χ0) is 27.2. The number of aliphatic hydroxyl groups excluding tert-OH is 1. The van der Waals surface area contributed by atoms with Crippen LogP contribution in [-0.2, 0) is 24.1 Å². The van der Waals surface area contributed by atoms with Crippen LogP contribution < -0.4 is 10.6 Å². The van der Waals surface area contributed by atoms with Crippen LogP contribution in [0.1, 0.15) is 30.5 Å². The second kappa shape index (κ2) is 16.4. The Balaban J connectivity index is 0.000000256. The number of hydrogen-bond acceptors (Lipinski definition) is 5. The zero-order valence-electron chi connectivity index (χ0n) is 23.6. The Morgan fingerprint density at radius 3 is 1.71 bits per heavy atom. The highest BCUT2D eigenvalue weighted by Crippen LogP contribution is 2.17. The molecule has 0 aromatic heterocycles. The third-order valence-electron chi connectivity index (χ3n) is 6.93. The van der Waals surface area contributed by atoms with E-state index < -0.39 is 6.10 Å². The van der Waals surface area contributed by atoms with Gasteiger partial charge in [-0.3, -0.25) is 4.90 Å². The van der Waals surface area contributed by atoms with Gasteiger partial charge in [-0.25, -0.2) is 0 Å². The third kappa shape index (κ3) is 11.1. The summed E-state index contributed by atoms with van der Waals surface area (Å²) in [6, 6.07) is 31.9. The topological polar surface area (TPSA) is 60.1 Å². The van der Waals surface area contributed by atoms with E-state index in [1.807, 2.05) is 32.3 Å². The lowest BCUT2D eigenvalue weighted by molar-refractivity contribution is 0.0732. The van der Waals surface area contributed by atoms with Gasteiger partial charge >= 0.3 is 0 Å². The fraction of sp³-hybridized carbons (Fsp3) is 0.455. The highest BCUT2D eigenvalue weighted by molar-refractivity contribution is 5.18. The predicted molar refractivity (Wildman–Crippen MR) is 158 cm³/mol. The van der Waals surface area contributed by atoms with E-state index >= 15 is 0 Å². The fourth-order valence-corrected chi connectivity index (χ4v) is 4.83. The first-order valence-electron chi connectivity index (χ1n) is 14.0. The van der Waals surface area contributed by atoms with Crippen LogP contribution in [0.25, 0.3) is 0 Å². The average Bonchev–Trinajstić information content (AvgIpc) is 3.77. The third-order valence-corrected chi connectivity index (χ3v) is 6.93. The van der Waals surface area contributed by atoms with Crippen molar-refractivity contribution in [3.05, 3.63) is 108 Å².